The van der Waals surface area contributed by atoms with Gasteiger partial charge in [-0.2, -0.15) is 0 Å². The third-order valence-corrected chi connectivity index (χ3v) is 10.8. The Hall–Kier alpha value is -6.90. The van der Waals surface area contributed by atoms with E-state index in [1.807, 2.05) is 0 Å². The Morgan fingerprint density at radius 2 is 0.774 bits per heavy atom. The molecule has 2 heteroatoms. The summed E-state index contributed by atoms with van der Waals surface area (Å²) >= 11 is 0. The number of aromatic nitrogens is 1. The molecule has 0 bridgehead atoms. The van der Waals surface area contributed by atoms with Crippen LogP contribution in [0.4, 0.5) is 11.4 Å². The van der Waals surface area contributed by atoms with Crippen LogP contribution in [0.5, 0.6) is 0 Å². The van der Waals surface area contributed by atoms with Gasteiger partial charge in [0, 0.05) is 45.8 Å². The Kier molecular flexibility index (Phi) is 7.40. The van der Waals surface area contributed by atoms with Gasteiger partial charge in [-0.05, 0) is 80.4 Å². The van der Waals surface area contributed by atoms with Crippen LogP contribution >= 0.6 is 0 Å². The molecule has 10 aromatic rings. The summed E-state index contributed by atoms with van der Waals surface area (Å²) in [6, 6.07) is 72.7. The first kappa shape index (κ1) is 30.9. The standard InChI is InChI=1S/C51H36N2/c1-52(40-15-6-3-7-16-40)41-31-27-38(28-32-41)36-23-25-39(26-24-36)43-21-12-22-48-49-46-19-10-8-17-44(46)45-18-9-11-20-47(45)51(49)53(50(43)48)42-33-29-37(30-34-42)35-13-4-2-5-14-35/h2-34H,1H3. The lowest BCUT2D eigenvalue weighted by molar-refractivity contribution is 1.19. The monoisotopic (exact) mass is 676 g/mol. The van der Waals surface area contributed by atoms with Crippen molar-refractivity contribution < 1.29 is 0 Å². The number of benzene rings is 9. The summed E-state index contributed by atoms with van der Waals surface area (Å²) < 4.78 is 2.51. The first-order valence-electron chi connectivity index (χ1n) is 18.2. The van der Waals surface area contributed by atoms with Gasteiger partial charge in [0.15, 0.2) is 0 Å². The summed E-state index contributed by atoms with van der Waals surface area (Å²) in [5.74, 6) is 0. The minimum Gasteiger partial charge on any atom is -0.345 e. The minimum absolute atomic E-state index is 1.15. The van der Waals surface area contributed by atoms with E-state index in [-0.39, 0.29) is 0 Å². The maximum absolute atomic E-state index is 2.51. The molecule has 0 unspecified atom stereocenters. The van der Waals surface area contributed by atoms with E-state index in [4.69, 9.17) is 0 Å². The predicted octanol–water partition coefficient (Wildman–Crippen LogP) is 13.9. The van der Waals surface area contributed by atoms with Crippen molar-refractivity contribution in [1.29, 1.82) is 0 Å². The van der Waals surface area contributed by atoms with Gasteiger partial charge in [-0.1, -0.05) is 164 Å². The predicted molar refractivity (Wildman–Crippen MR) is 227 cm³/mol. The van der Waals surface area contributed by atoms with Crippen LogP contribution in [-0.4, -0.2) is 11.6 Å². The lowest BCUT2D eigenvalue weighted by atomic mass is 9.95. The first-order valence-corrected chi connectivity index (χ1v) is 18.2. The summed E-state index contributed by atoms with van der Waals surface area (Å²) in [6.07, 6.45) is 0. The molecule has 0 N–H and O–H groups in total. The molecule has 0 saturated carbocycles. The summed E-state index contributed by atoms with van der Waals surface area (Å²) in [7, 11) is 2.11. The van der Waals surface area contributed by atoms with Crippen LogP contribution < -0.4 is 4.90 Å². The van der Waals surface area contributed by atoms with E-state index >= 15 is 0 Å². The van der Waals surface area contributed by atoms with Crippen molar-refractivity contribution in [3.05, 3.63) is 200 Å². The fourth-order valence-corrected chi connectivity index (χ4v) is 8.17. The molecule has 9 aromatic carbocycles. The Bertz CT molecular complexity index is 2900. The Morgan fingerprint density at radius 1 is 0.321 bits per heavy atom. The zero-order valence-electron chi connectivity index (χ0n) is 29.4. The van der Waals surface area contributed by atoms with Crippen molar-refractivity contribution >= 4 is 54.7 Å². The van der Waals surface area contributed by atoms with E-state index in [0.717, 1.165) is 11.4 Å². The number of anilines is 2. The van der Waals surface area contributed by atoms with Gasteiger partial charge < -0.3 is 9.47 Å². The van der Waals surface area contributed by atoms with Gasteiger partial charge in [-0.3, -0.25) is 0 Å². The number of rotatable bonds is 6. The van der Waals surface area contributed by atoms with Crippen molar-refractivity contribution in [3.63, 3.8) is 0 Å². The maximum atomic E-state index is 2.51. The summed E-state index contributed by atoms with van der Waals surface area (Å²) in [5, 5.41) is 7.64. The van der Waals surface area contributed by atoms with Gasteiger partial charge in [0.05, 0.1) is 11.0 Å². The Morgan fingerprint density at radius 3 is 1.43 bits per heavy atom. The van der Waals surface area contributed by atoms with E-state index in [0.29, 0.717) is 0 Å². The van der Waals surface area contributed by atoms with Crippen LogP contribution in [-0.2, 0) is 0 Å². The molecular formula is C51H36N2. The number of fused-ring (bicyclic) bond motifs is 8. The molecule has 1 heterocycles. The topological polar surface area (TPSA) is 8.17 Å². The average molecular weight is 677 g/mol. The summed E-state index contributed by atoms with van der Waals surface area (Å²) in [6.45, 7) is 0. The number of hydrogen-bond donors (Lipinski definition) is 0. The molecule has 0 atom stereocenters. The third kappa shape index (κ3) is 5.19. The van der Waals surface area contributed by atoms with Gasteiger partial charge in [0.2, 0.25) is 0 Å². The molecule has 0 spiro atoms. The van der Waals surface area contributed by atoms with Crippen LogP contribution in [0, 0.1) is 0 Å². The van der Waals surface area contributed by atoms with Crippen LogP contribution in [0.2, 0.25) is 0 Å². The van der Waals surface area contributed by atoms with Crippen LogP contribution in [0.15, 0.2) is 200 Å². The summed E-state index contributed by atoms with van der Waals surface area (Å²) in [4.78, 5) is 2.22. The highest BCUT2D eigenvalue weighted by Crippen LogP contribution is 2.45. The molecule has 0 saturated heterocycles. The summed E-state index contributed by atoms with van der Waals surface area (Å²) in [5.41, 5.74) is 13.2. The average Bonchev–Trinajstić information content (AvgIpc) is 3.60. The van der Waals surface area contributed by atoms with Crippen molar-refractivity contribution in [2.45, 2.75) is 0 Å². The molecule has 0 amide bonds. The van der Waals surface area contributed by atoms with E-state index in [2.05, 4.69) is 217 Å². The molecule has 0 aliphatic rings. The molecule has 10 rings (SSSR count). The second-order valence-corrected chi connectivity index (χ2v) is 13.8. The van der Waals surface area contributed by atoms with Gasteiger partial charge in [-0.15, -0.1) is 0 Å². The molecule has 53 heavy (non-hydrogen) atoms. The van der Waals surface area contributed by atoms with Gasteiger partial charge in [-0.25, -0.2) is 0 Å². The molecule has 2 nitrogen and oxygen atoms in total. The quantitative estimate of drug-likeness (QED) is 0.159. The second kappa shape index (κ2) is 12.7. The van der Waals surface area contributed by atoms with Crippen LogP contribution in [0.25, 0.3) is 82.4 Å². The molecule has 250 valence electrons. The molecule has 0 radical (unpaired) electrons. The highest BCUT2D eigenvalue weighted by atomic mass is 15.1. The second-order valence-electron chi connectivity index (χ2n) is 13.8. The minimum atomic E-state index is 1.15. The number of hydrogen-bond acceptors (Lipinski definition) is 1. The van der Waals surface area contributed by atoms with E-state index in [1.165, 1.54) is 82.4 Å². The zero-order valence-corrected chi connectivity index (χ0v) is 29.4. The fourth-order valence-electron chi connectivity index (χ4n) is 8.17. The smallest absolute Gasteiger partial charge is 0.0626 e. The zero-order chi connectivity index (χ0) is 35.3. The molecule has 0 fully saturated rings. The maximum Gasteiger partial charge on any atom is 0.0626 e. The van der Waals surface area contributed by atoms with Crippen LogP contribution in [0.1, 0.15) is 0 Å². The first-order chi connectivity index (χ1) is 26.2. The van der Waals surface area contributed by atoms with Gasteiger partial charge in [0.1, 0.15) is 0 Å². The highest BCUT2D eigenvalue weighted by Gasteiger charge is 2.21. The van der Waals surface area contributed by atoms with Crippen molar-refractivity contribution in [3.8, 4) is 39.1 Å². The lowest BCUT2D eigenvalue weighted by Crippen LogP contribution is -2.08. The molecule has 1 aromatic heterocycles. The fraction of sp³-hybridized carbons (Fsp3) is 0.0196. The number of nitrogens with zero attached hydrogens (tertiary/aromatic N) is 2. The van der Waals surface area contributed by atoms with E-state index in [9.17, 15) is 0 Å². The lowest BCUT2D eigenvalue weighted by Gasteiger charge is -2.19. The van der Waals surface area contributed by atoms with E-state index in [1.54, 1.807) is 0 Å². The Balaban J connectivity index is 1.15. The van der Waals surface area contributed by atoms with Gasteiger partial charge >= 0.3 is 0 Å². The van der Waals surface area contributed by atoms with E-state index < -0.39 is 0 Å². The normalized spacial score (nSPS) is 11.5. The third-order valence-electron chi connectivity index (χ3n) is 10.8. The Labute approximate surface area is 309 Å². The van der Waals surface area contributed by atoms with Crippen LogP contribution in [0.3, 0.4) is 0 Å². The van der Waals surface area contributed by atoms with Crippen molar-refractivity contribution in [2.75, 3.05) is 11.9 Å². The largest absolute Gasteiger partial charge is 0.345 e. The molecular weight excluding hydrogens is 641 g/mol. The van der Waals surface area contributed by atoms with Gasteiger partial charge in [0.25, 0.3) is 0 Å². The van der Waals surface area contributed by atoms with Crippen molar-refractivity contribution in [1.82, 2.24) is 4.57 Å². The van der Waals surface area contributed by atoms with Crippen molar-refractivity contribution in [2.24, 2.45) is 0 Å². The number of para-hydroxylation sites is 2. The SMILES string of the molecule is CN(c1ccccc1)c1ccc(-c2ccc(-c3cccc4c5c6ccccc6c6ccccc6c5n(-c5ccc(-c6ccccc6)cc5)c34)cc2)cc1. The highest BCUT2D eigenvalue weighted by molar-refractivity contribution is 6.33. The molecule has 0 aliphatic carbocycles. The molecule has 0 aliphatic heterocycles.